The van der Waals surface area contributed by atoms with Gasteiger partial charge in [0.05, 0.1) is 12.7 Å². The molecule has 0 aliphatic rings. The second-order valence-corrected chi connectivity index (χ2v) is 5.71. The number of primary amides is 1. The van der Waals surface area contributed by atoms with Crippen molar-refractivity contribution >= 4 is 29.7 Å². The molecule has 0 unspecified atom stereocenters. The van der Waals surface area contributed by atoms with Crippen LogP contribution >= 0.6 is 0 Å². The van der Waals surface area contributed by atoms with Crippen molar-refractivity contribution in [2.45, 2.75) is 26.4 Å². The first-order valence-corrected chi connectivity index (χ1v) is 7.07. The molecule has 1 aromatic heterocycles. The zero-order valence-electron chi connectivity index (χ0n) is 14.0. The van der Waals surface area contributed by atoms with Crippen LogP contribution in [-0.2, 0) is 16.5 Å². The molecule has 1 aromatic rings. The molecule has 0 fully saturated rings. The second kappa shape index (κ2) is 8.04. The number of carbonyl (C=O) groups excluding carboxylic acids is 3. The maximum absolute atomic E-state index is 11.8. The number of nitrogens with two attached hydrogens (primary N) is 1. The van der Waals surface area contributed by atoms with Gasteiger partial charge >= 0.3 is 18.2 Å². The standard InChI is InChI=1S/C13H22N6O5/c1-13(2,3)24-12(22)18-9-8(7-16-19(9)4)17-11(21)15-5-6-23-10(14)20/h7H,5-6H2,1-4H3,(H2,14,20)(H,18,22)(H2,15,17,21). The molecular formula is C13H22N6O5. The van der Waals surface area contributed by atoms with E-state index in [2.05, 4.69) is 25.8 Å². The number of hydrogen-bond acceptors (Lipinski definition) is 6. The first-order chi connectivity index (χ1) is 11.1. The summed E-state index contributed by atoms with van der Waals surface area (Å²) in [5, 5.41) is 11.4. The number of anilines is 2. The van der Waals surface area contributed by atoms with E-state index in [9.17, 15) is 14.4 Å². The van der Waals surface area contributed by atoms with E-state index in [0.717, 1.165) is 0 Å². The Balaban J connectivity index is 2.59. The van der Waals surface area contributed by atoms with Gasteiger partial charge in [0.1, 0.15) is 17.9 Å². The predicted molar refractivity (Wildman–Crippen MR) is 85.6 cm³/mol. The van der Waals surface area contributed by atoms with Crippen molar-refractivity contribution in [2.24, 2.45) is 12.8 Å². The molecule has 1 heterocycles. The molecule has 0 atom stereocenters. The molecule has 0 saturated carbocycles. The first-order valence-electron chi connectivity index (χ1n) is 7.07. The normalized spacial score (nSPS) is 10.7. The number of aromatic nitrogens is 2. The molecular weight excluding hydrogens is 320 g/mol. The zero-order valence-corrected chi connectivity index (χ0v) is 14.0. The minimum Gasteiger partial charge on any atom is -0.448 e. The largest absolute Gasteiger partial charge is 0.448 e. The van der Waals surface area contributed by atoms with Gasteiger partial charge in [0.15, 0.2) is 5.82 Å². The van der Waals surface area contributed by atoms with E-state index in [-0.39, 0.29) is 24.7 Å². The fourth-order valence-corrected chi connectivity index (χ4v) is 1.56. The molecule has 0 aliphatic carbocycles. The molecule has 24 heavy (non-hydrogen) atoms. The van der Waals surface area contributed by atoms with Crippen LogP contribution in [0, 0.1) is 0 Å². The van der Waals surface area contributed by atoms with Crippen molar-refractivity contribution in [3.63, 3.8) is 0 Å². The molecule has 5 N–H and O–H groups in total. The molecule has 11 nitrogen and oxygen atoms in total. The van der Waals surface area contributed by atoms with Gasteiger partial charge in [-0.1, -0.05) is 0 Å². The highest BCUT2D eigenvalue weighted by Crippen LogP contribution is 2.21. The molecule has 0 spiro atoms. The number of aryl methyl sites for hydroxylation is 1. The molecule has 0 saturated heterocycles. The molecule has 1 rings (SSSR count). The van der Waals surface area contributed by atoms with Crippen LogP contribution in [0.4, 0.5) is 25.9 Å². The van der Waals surface area contributed by atoms with Gasteiger partial charge in [-0.05, 0) is 20.8 Å². The minimum atomic E-state index is -0.923. The molecule has 134 valence electrons. The van der Waals surface area contributed by atoms with Gasteiger partial charge in [-0.2, -0.15) is 5.10 Å². The average Bonchev–Trinajstić information content (AvgIpc) is 2.74. The predicted octanol–water partition coefficient (Wildman–Crippen LogP) is 0.984. The third-order valence-corrected chi connectivity index (χ3v) is 2.44. The molecule has 11 heteroatoms. The Morgan fingerprint density at radius 2 is 1.96 bits per heavy atom. The van der Waals surface area contributed by atoms with Crippen molar-refractivity contribution < 1.29 is 23.9 Å². The van der Waals surface area contributed by atoms with Gasteiger partial charge in [-0.15, -0.1) is 0 Å². The Morgan fingerprint density at radius 3 is 2.54 bits per heavy atom. The van der Waals surface area contributed by atoms with E-state index < -0.39 is 23.8 Å². The van der Waals surface area contributed by atoms with Gasteiger partial charge in [0, 0.05) is 7.05 Å². The van der Waals surface area contributed by atoms with Crippen LogP contribution in [-0.4, -0.2) is 46.8 Å². The first kappa shape index (κ1) is 19.1. The number of hydrogen-bond donors (Lipinski definition) is 4. The van der Waals surface area contributed by atoms with E-state index >= 15 is 0 Å². The third kappa shape index (κ3) is 6.85. The fourth-order valence-electron chi connectivity index (χ4n) is 1.56. The summed E-state index contributed by atoms with van der Waals surface area (Å²) in [5.41, 5.74) is 4.41. The monoisotopic (exact) mass is 342 g/mol. The Kier molecular flexibility index (Phi) is 6.38. The summed E-state index contributed by atoms with van der Waals surface area (Å²) in [6.45, 7) is 5.21. The van der Waals surface area contributed by atoms with Crippen molar-refractivity contribution in [3.8, 4) is 0 Å². The number of nitrogens with one attached hydrogen (secondary N) is 3. The minimum absolute atomic E-state index is 0.0567. The Hall–Kier alpha value is -2.98. The van der Waals surface area contributed by atoms with Crippen molar-refractivity contribution in [1.82, 2.24) is 15.1 Å². The summed E-state index contributed by atoms with van der Waals surface area (Å²) in [6.07, 6.45) is -0.232. The highest BCUT2D eigenvalue weighted by Gasteiger charge is 2.19. The third-order valence-electron chi connectivity index (χ3n) is 2.44. The van der Waals surface area contributed by atoms with Crippen molar-refractivity contribution in [3.05, 3.63) is 6.20 Å². The number of ether oxygens (including phenoxy) is 2. The summed E-state index contributed by atoms with van der Waals surface area (Å²) in [5.74, 6) is 0.257. The lowest BCUT2D eigenvalue weighted by Gasteiger charge is -2.20. The lowest BCUT2D eigenvalue weighted by atomic mass is 10.2. The fraction of sp³-hybridized carbons (Fsp3) is 0.538. The maximum atomic E-state index is 11.8. The molecule has 0 aromatic carbocycles. The van der Waals surface area contributed by atoms with Gasteiger partial charge in [-0.3, -0.25) is 10.00 Å². The number of carbonyl (C=O) groups is 3. The quantitative estimate of drug-likeness (QED) is 0.586. The van der Waals surface area contributed by atoms with Gasteiger partial charge in [0.2, 0.25) is 0 Å². The van der Waals surface area contributed by atoms with E-state index in [1.54, 1.807) is 27.8 Å². The average molecular weight is 342 g/mol. The van der Waals surface area contributed by atoms with Crippen LogP contribution in [0.1, 0.15) is 20.8 Å². The smallest absolute Gasteiger partial charge is 0.413 e. The number of rotatable bonds is 5. The van der Waals surface area contributed by atoms with Crippen LogP contribution in [0.25, 0.3) is 0 Å². The van der Waals surface area contributed by atoms with E-state index in [1.165, 1.54) is 10.9 Å². The number of urea groups is 1. The van der Waals surface area contributed by atoms with Crippen LogP contribution in [0.3, 0.4) is 0 Å². The maximum Gasteiger partial charge on any atom is 0.413 e. The van der Waals surface area contributed by atoms with Crippen molar-refractivity contribution in [1.29, 1.82) is 0 Å². The summed E-state index contributed by atoms with van der Waals surface area (Å²) >= 11 is 0. The van der Waals surface area contributed by atoms with Crippen LogP contribution in [0.15, 0.2) is 6.20 Å². The van der Waals surface area contributed by atoms with E-state index in [1.807, 2.05) is 0 Å². The number of amides is 4. The summed E-state index contributed by atoms with van der Waals surface area (Å²) in [6, 6.07) is -0.566. The summed E-state index contributed by atoms with van der Waals surface area (Å²) in [7, 11) is 1.59. The van der Waals surface area contributed by atoms with E-state index in [0.29, 0.717) is 0 Å². The van der Waals surface area contributed by atoms with Crippen LogP contribution in [0.2, 0.25) is 0 Å². The molecule has 0 bridgehead atoms. The van der Waals surface area contributed by atoms with E-state index in [4.69, 9.17) is 10.5 Å². The van der Waals surface area contributed by atoms with Gasteiger partial charge in [0.25, 0.3) is 0 Å². The number of nitrogens with zero attached hydrogens (tertiary/aromatic N) is 2. The molecule has 4 amide bonds. The lowest BCUT2D eigenvalue weighted by molar-refractivity contribution is 0.0634. The van der Waals surface area contributed by atoms with Gasteiger partial charge < -0.3 is 25.8 Å². The Labute approximate surface area is 138 Å². The highest BCUT2D eigenvalue weighted by molar-refractivity contribution is 5.95. The van der Waals surface area contributed by atoms with Crippen molar-refractivity contribution in [2.75, 3.05) is 23.8 Å². The second-order valence-electron chi connectivity index (χ2n) is 5.71. The topological polar surface area (TPSA) is 150 Å². The Morgan fingerprint density at radius 1 is 1.29 bits per heavy atom. The van der Waals surface area contributed by atoms with Gasteiger partial charge in [-0.25, -0.2) is 14.4 Å². The SMILES string of the molecule is Cn1ncc(NC(=O)NCCOC(N)=O)c1NC(=O)OC(C)(C)C. The lowest BCUT2D eigenvalue weighted by Crippen LogP contribution is -2.33. The summed E-state index contributed by atoms with van der Waals surface area (Å²) < 4.78 is 11.0. The van der Waals surface area contributed by atoms with Crippen LogP contribution < -0.4 is 21.7 Å². The highest BCUT2D eigenvalue weighted by atomic mass is 16.6. The Bertz CT molecular complexity index is 606. The molecule has 0 aliphatic heterocycles. The molecule has 0 radical (unpaired) electrons. The summed E-state index contributed by atoms with van der Waals surface area (Å²) in [4.78, 5) is 34.0. The zero-order chi connectivity index (χ0) is 18.3. The van der Waals surface area contributed by atoms with Crippen LogP contribution in [0.5, 0.6) is 0 Å².